The van der Waals surface area contributed by atoms with E-state index >= 15 is 0 Å². The van der Waals surface area contributed by atoms with E-state index in [-0.39, 0.29) is 18.0 Å². The van der Waals surface area contributed by atoms with Crippen LogP contribution >= 0.6 is 0 Å². The summed E-state index contributed by atoms with van der Waals surface area (Å²) >= 11 is 0. The Morgan fingerprint density at radius 1 is 1.11 bits per heavy atom. The molecule has 4 aromatic rings. The Kier molecular flexibility index (Phi) is 5.06. The van der Waals surface area contributed by atoms with Crippen LogP contribution in [-0.2, 0) is 17.8 Å². The molecule has 0 aliphatic carbocycles. The van der Waals surface area contributed by atoms with Gasteiger partial charge in [0.15, 0.2) is 0 Å². The van der Waals surface area contributed by atoms with Crippen molar-refractivity contribution in [2.75, 3.05) is 23.8 Å². The molecule has 2 aliphatic heterocycles. The van der Waals surface area contributed by atoms with Crippen molar-refractivity contribution >= 4 is 34.2 Å². The van der Waals surface area contributed by atoms with Crippen LogP contribution in [0, 0.1) is 6.92 Å². The zero-order valence-corrected chi connectivity index (χ0v) is 19.9. The first-order valence-electron chi connectivity index (χ1n) is 12.0. The number of rotatable bonds is 4. The maximum atomic E-state index is 13.4. The smallest absolute Gasteiger partial charge is 0.257 e. The molecule has 2 aromatic carbocycles. The van der Waals surface area contributed by atoms with Crippen LogP contribution in [0.1, 0.15) is 39.8 Å². The van der Waals surface area contributed by atoms with Gasteiger partial charge in [-0.15, -0.1) is 0 Å². The van der Waals surface area contributed by atoms with Gasteiger partial charge in [0.1, 0.15) is 12.0 Å². The first-order valence-corrected chi connectivity index (χ1v) is 12.0. The van der Waals surface area contributed by atoms with E-state index in [1.54, 1.807) is 6.20 Å². The molecule has 0 saturated carbocycles. The molecule has 0 spiro atoms. The monoisotopic (exact) mass is 465 g/mol. The minimum absolute atomic E-state index is 0.0643. The molecule has 1 N–H and O–H groups in total. The number of pyridine rings is 1. The van der Waals surface area contributed by atoms with Gasteiger partial charge in [-0.2, -0.15) is 0 Å². The molecule has 2 aliphatic rings. The highest BCUT2D eigenvalue weighted by molar-refractivity contribution is 6.02. The average molecular weight is 466 g/mol. The summed E-state index contributed by atoms with van der Waals surface area (Å²) in [5.74, 6) is 0.546. The fourth-order valence-corrected chi connectivity index (χ4v) is 5.57. The normalized spacial score (nSPS) is 16.6. The molecule has 176 valence electrons. The Bertz CT molecular complexity index is 1470. The molecule has 2 amide bonds. The van der Waals surface area contributed by atoms with E-state index in [2.05, 4.69) is 45.0 Å². The van der Waals surface area contributed by atoms with E-state index in [1.165, 1.54) is 10.9 Å². The second kappa shape index (κ2) is 8.27. The Balaban J connectivity index is 1.39. The quantitative estimate of drug-likeness (QED) is 0.481. The number of benzene rings is 2. The molecule has 0 bridgehead atoms. The zero-order valence-electron chi connectivity index (χ0n) is 19.9. The number of nitrogens with one attached hydrogen (secondary N) is 1. The van der Waals surface area contributed by atoms with E-state index < -0.39 is 0 Å². The van der Waals surface area contributed by atoms with Gasteiger partial charge in [0.25, 0.3) is 5.91 Å². The summed E-state index contributed by atoms with van der Waals surface area (Å²) in [7, 11) is 2.05. The van der Waals surface area contributed by atoms with E-state index in [4.69, 9.17) is 0 Å². The number of aromatic nitrogens is 2. The van der Waals surface area contributed by atoms with Gasteiger partial charge in [-0.25, -0.2) is 4.98 Å². The fraction of sp³-hybridized carbons (Fsp3) is 0.250. The summed E-state index contributed by atoms with van der Waals surface area (Å²) < 4.78 is 2.24. The van der Waals surface area contributed by atoms with Gasteiger partial charge in [-0.1, -0.05) is 30.3 Å². The van der Waals surface area contributed by atoms with Gasteiger partial charge < -0.3 is 19.7 Å². The van der Waals surface area contributed by atoms with Gasteiger partial charge in [-0.05, 0) is 54.8 Å². The summed E-state index contributed by atoms with van der Waals surface area (Å²) in [6.45, 7) is 3.16. The Hall–Kier alpha value is -4.13. The van der Waals surface area contributed by atoms with Gasteiger partial charge in [0, 0.05) is 43.7 Å². The number of anilines is 2. The fourth-order valence-electron chi connectivity index (χ4n) is 5.57. The lowest BCUT2D eigenvalue weighted by Crippen LogP contribution is -2.51. The number of carbonyl (C=O) groups is 2. The molecule has 0 saturated heterocycles. The standard InChI is InChI=1S/C28H27N5O2/c1-18-11-14-29-24(17-18)30-25(34)13-16-32-23-10-6-3-7-19(23)20-12-15-33-27(26(20)32)31(2)22-9-5-4-8-21(22)28(33)35/h3-11,14,17,27H,12-13,15-16H2,1-2H3,(H,29,30,34). The van der Waals surface area contributed by atoms with Gasteiger partial charge >= 0.3 is 0 Å². The predicted molar refractivity (Wildman–Crippen MR) is 136 cm³/mol. The van der Waals surface area contributed by atoms with Crippen molar-refractivity contribution in [3.63, 3.8) is 0 Å². The average Bonchev–Trinajstić information content (AvgIpc) is 3.19. The molecule has 1 unspecified atom stereocenters. The van der Waals surface area contributed by atoms with Crippen LogP contribution in [0.25, 0.3) is 10.9 Å². The van der Waals surface area contributed by atoms with E-state index in [0.29, 0.717) is 25.3 Å². The maximum Gasteiger partial charge on any atom is 0.257 e. The van der Waals surface area contributed by atoms with Crippen molar-refractivity contribution in [2.45, 2.75) is 32.5 Å². The van der Waals surface area contributed by atoms with Crippen LogP contribution in [0.5, 0.6) is 0 Å². The minimum atomic E-state index is -0.213. The number of para-hydroxylation sites is 2. The SMILES string of the molecule is Cc1ccnc(NC(=O)CCn2c3c(c4ccccc42)CCN2C(=O)c4ccccc4N(C)C32)c1. The molecule has 6 rings (SSSR count). The molecule has 0 radical (unpaired) electrons. The second-order valence-corrected chi connectivity index (χ2v) is 9.30. The van der Waals surface area contributed by atoms with Gasteiger partial charge in [0.2, 0.25) is 5.91 Å². The first kappa shape index (κ1) is 21.4. The van der Waals surface area contributed by atoms with Crippen LogP contribution in [-0.4, -0.2) is 39.9 Å². The summed E-state index contributed by atoms with van der Waals surface area (Å²) in [6.07, 6.45) is 2.58. The van der Waals surface area contributed by atoms with Crippen LogP contribution < -0.4 is 10.2 Å². The summed E-state index contributed by atoms with van der Waals surface area (Å²) in [6, 6.07) is 19.9. The van der Waals surface area contributed by atoms with E-state index in [1.807, 2.05) is 54.3 Å². The largest absolute Gasteiger partial charge is 0.349 e. The van der Waals surface area contributed by atoms with Crippen LogP contribution in [0.4, 0.5) is 11.5 Å². The lowest BCUT2D eigenvalue weighted by molar-refractivity contribution is -0.116. The van der Waals surface area contributed by atoms with Crippen LogP contribution in [0.2, 0.25) is 0 Å². The highest BCUT2D eigenvalue weighted by Crippen LogP contribution is 2.44. The van der Waals surface area contributed by atoms with Crippen molar-refractivity contribution in [1.29, 1.82) is 0 Å². The zero-order chi connectivity index (χ0) is 24.1. The molecule has 2 aromatic heterocycles. The third kappa shape index (κ3) is 3.46. The van der Waals surface area contributed by atoms with Crippen molar-refractivity contribution in [3.8, 4) is 0 Å². The van der Waals surface area contributed by atoms with E-state index in [9.17, 15) is 9.59 Å². The number of carbonyl (C=O) groups excluding carboxylic acids is 2. The highest BCUT2D eigenvalue weighted by atomic mass is 16.2. The topological polar surface area (TPSA) is 70.5 Å². The molecule has 4 heterocycles. The van der Waals surface area contributed by atoms with Crippen molar-refractivity contribution in [2.24, 2.45) is 0 Å². The summed E-state index contributed by atoms with van der Waals surface area (Å²) in [5.41, 5.74) is 6.19. The Morgan fingerprint density at radius 2 is 1.91 bits per heavy atom. The third-order valence-corrected chi connectivity index (χ3v) is 7.15. The van der Waals surface area contributed by atoms with Gasteiger partial charge in [-0.3, -0.25) is 9.59 Å². The number of nitrogens with zero attached hydrogens (tertiary/aromatic N) is 4. The summed E-state index contributed by atoms with van der Waals surface area (Å²) in [5, 5.41) is 4.12. The van der Waals surface area contributed by atoms with Gasteiger partial charge in [0.05, 0.1) is 16.9 Å². The summed E-state index contributed by atoms with van der Waals surface area (Å²) in [4.78, 5) is 34.7. The molecular weight excluding hydrogens is 438 g/mol. The number of aryl methyl sites for hydroxylation is 2. The minimum Gasteiger partial charge on any atom is -0.349 e. The first-order chi connectivity index (χ1) is 17.0. The van der Waals surface area contributed by atoms with Crippen LogP contribution in [0.15, 0.2) is 66.9 Å². The lowest BCUT2D eigenvalue weighted by Gasteiger charge is -2.46. The number of hydrogen-bond acceptors (Lipinski definition) is 4. The van der Waals surface area contributed by atoms with Crippen molar-refractivity contribution in [1.82, 2.24) is 14.5 Å². The molecule has 35 heavy (non-hydrogen) atoms. The van der Waals surface area contributed by atoms with Crippen molar-refractivity contribution < 1.29 is 9.59 Å². The molecule has 0 fully saturated rings. The van der Waals surface area contributed by atoms with E-state index in [0.717, 1.165) is 34.4 Å². The molecule has 7 nitrogen and oxygen atoms in total. The Morgan fingerprint density at radius 3 is 2.77 bits per heavy atom. The third-order valence-electron chi connectivity index (χ3n) is 7.15. The van der Waals surface area contributed by atoms with Crippen molar-refractivity contribution in [3.05, 3.63) is 89.2 Å². The second-order valence-electron chi connectivity index (χ2n) is 9.30. The predicted octanol–water partition coefficient (Wildman–Crippen LogP) is 4.52. The Labute approximate surface area is 204 Å². The number of hydrogen-bond donors (Lipinski definition) is 1. The lowest BCUT2D eigenvalue weighted by atomic mass is 9.96. The molecule has 1 atom stereocenters. The molecule has 7 heteroatoms. The highest BCUT2D eigenvalue weighted by Gasteiger charge is 2.42. The number of fused-ring (bicyclic) bond motifs is 6. The van der Waals surface area contributed by atoms with Crippen LogP contribution in [0.3, 0.4) is 0 Å². The maximum absolute atomic E-state index is 13.4. The number of amides is 2. The molecular formula is C28H27N5O2.